The molecule has 1 aliphatic rings. The average molecular weight is 411 g/mol. The topological polar surface area (TPSA) is 102 Å². The highest BCUT2D eigenvalue weighted by Crippen LogP contribution is 2.14. The Morgan fingerprint density at radius 1 is 1.23 bits per heavy atom. The van der Waals surface area contributed by atoms with Crippen molar-refractivity contribution in [2.75, 3.05) is 19.6 Å². The number of hydrogen-bond donors (Lipinski definition) is 3. The first-order valence-electron chi connectivity index (χ1n) is 10.5. The molecule has 3 heterocycles. The van der Waals surface area contributed by atoms with Gasteiger partial charge in [0.05, 0.1) is 36.9 Å². The Hall–Kier alpha value is -3.13. The Bertz CT molecular complexity index is 1140. The van der Waals surface area contributed by atoms with Crippen LogP contribution in [0.5, 0.6) is 0 Å². The molecular weight excluding hydrogens is 384 g/mol. The second-order valence-corrected chi connectivity index (χ2v) is 7.73. The number of furan rings is 1. The lowest BCUT2D eigenvalue weighted by Gasteiger charge is -2.30. The molecule has 1 fully saturated rings. The number of carbonyl (C=O) groups is 1. The van der Waals surface area contributed by atoms with Crippen molar-refractivity contribution in [3.05, 3.63) is 68.6 Å². The summed E-state index contributed by atoms with van der Waals surface area (Å²) in [6.07, 6.45) is 5.27. The van der Waals surface area contributed by atoms with E-state index in [0.717, 1.165) is 18.8 Å². The van der Waals surface area contributed by atoms with E-state index in [1.54, 1.807) is 31.4 Å². The number of fused-ring (bicyclic) bond motifs is 1. The number of benzene rings is 1. The van der Waals surface area contributed by atoms with Crippen LogP contribution in [0.1, 0.15) is 48.3 Å². The van der Waals surface area contributed by atoms with Gasteiger partial charge in [-0.1, -0.05) is 0 Å². The molecule has 0 saturated carbocycles. The maximum absolute atomic E-state index is 12.8. The first kappa shape index (κ1) is 20.2. The first-order valence-corrected chi connectivity index (χ1v) is 10.5. The van der Waals surface area contributed by atoms with Crippen molar-refractivity contribution in [2.45, 2.75) is 38.8 Å². The number of nitrogens with one attached hydrogen (secondary N) is 3. The summed E-state index contributed by atoms with van der Waals surface area (Å²) in [5, 5.41) is 3.02. The standard InChI is InChI=1S/C22H26N4O4/c1-2-26-17-9-8-15(13-16(17)24-21(28)22(26)29)20(27)23-14-18(19-7-6-12-30-19)25-10-4-3-5-11-25/h6-9,12-13,18H,2-5,10-11,14H2,1H3,(H,23,27)(H,24,28)/p+1/t18-/m0/s1. The van der Waals surface area contributed by atoms with Crippen molar-refractivity contribution < 1.29 is 14.1 Å². The zero-order chi connectivity index (χ0) is 21.1. The van der Waals surface area contributed by atoms with Crippen molar-refractivity contribution in [1.29, 1.82) is 0 Å². The molecular formula is C22H27N4O4+. The van der Waals surface area contributed by atoms with E-state index in [0.29, 0.717) is 29.7 Å². The molecule has 3 aromatic rings. The van der Waals surface area contributed by atoms with Gasteiger partial charge in [0.1, 0.15) is 0 Å². The highest BCUT2D eigenvalue weighted by atomic mass is 16.3. The van der Waals surface area contributed by atoms with E-state index in [1.807, 2.05) is 12.1 Å². The average Bonchev–Trinajstić information content (AvgIpc) is 3.30. The summed E-state index contributed by atoms with van der Waals surface area (Å²) in [5.74, 6) is 0.655. The zero-order valence-corrected chi connectivity index (χ0v) is 17.1. The minimum Gasteiger partial charge on any atom is -0.463 e. The minimum atomic E-state index is -0.687. The molecule has 1 aliphatic heterocycles. The van der Waals surface area contributed by atoms with Crippen LogP contribution in [0.25, 0.3) is 11.0 Å². The SMILES string of the molecule is CCn1c(=O)c(=O)[nH]c2cc(C(=O)NC[C@@H](c3ccco3)[NH+]3CCCCC3)ccc21. The third-order valence-electron chi connectivity index (χ3n) is 5.90. The molecule has 2 aromatic heterocycles. The van der Waals surface area contributed by atoms with E-state index in [4.69, 9.17) is 4.42 Å². The van der Waals surface area contributed by atoms with Gasteiger partial charge in [-0.2, -0.15) is 0 Å². The fraction of sp³-hybridized carbons (Fsp3) is 0.409. The molecule has 3 N–H and O–H groups in total. The molecule has 0 bridgehead atoms. The van der Waals surface area contributed by atoms with E-state index in [2.05, 4.69) is 10.3 Å². The predicted octanol–water partition coefficient (Wildman–Crippen LogP) is 0.843. The number of piperidine rings is 1. The highest BCUT2D eigenvalue weighted by molar-refractivity contribution is 5.97. The van der Waals surface area contributed by atoms with Gasteiger partial charge in [-0.05, 0) is 56.5 Å². The third kappa shape index (κ3) is 3.95. The van der Waals surface area contributed by atoms with Crippen LogP contribution in [0.3, 0.4) is 0 Å². The first-order chi connectivity index (χ1) is 14.6. The lowest BCUT2D eigenvalue weighted by atomic mass is 10.1. The van der Waals surface area contributed by atoms with Gasteiger partial charge in [-0.15, -0.1) is 0 Å². The molecule has 30 heavy (non-hydrogen) atoms. The van der Waals surface area contributed by atoms with Gasteiger partial charge in [0.25, 0.3) is 5.91 Å². The largest absolute Gasteiger partial charge is 0.463 e. The summed E-state index contributed by atoms with van der Waals surface area (Å²) < 4.78 is 7.06. The summed E-state index contributed by atoms with van der Waals surface area (Å²) in [7, 11) is 0. The van der Waals surface area contributed by atoms with Gasteiger partial charge in [-0.25, -0.2) is 0 Å². The molecule has 0 radical (unpaired) electrons. The molecule has 1 atom stereocenters. The number of rotatable bonds is 6. The highest BCUT2D eigenvalue weighted by Gasteiger charge is 2.28. The molecule has 0 unspecified atom stereocenters. The molecule has 8 nitrogen and oxygen atoms in total. The lowest BCUT2D eigenvalue weighted by molar-refractivity contribution is -0.936. The van der Waals surface area contributed by atoms with E-state index >= 15 is 0 Å². The number of aromatic nitrogens is 2. The number of aromatic amines is 1. The van der Waals surface area contributed by atoms with Crippen molar-refractivity contribution in [2.24, 2.45) is 0 Å². The summed E-state index contributed by atoms with van der Waals surface area (Å²) >= 11 is 0. The summed E-state index contributed by atoms with van der Waals surface area (Å²) in [6, 6.07) is 8.90. The van der Waals surface area contributed by atoms with Crippen molar-refractivity contribution in [1.82, 2.24) is 14.9 Å². The van der Waals surface area contributed by atoms with Gasteiger partial charge < -0.3 is 24.2 Å². The van der Waals surface area contributed by atoms with E-state index < -0.39 is 11.1 Å². The van der Waals surface area contributed by atoms with Crippen LogP contribution in [0.4, 0.5) is 0 Å². The van der Waals surface area contributed by atoms with Crippen LogP contribution in [0.2, 0.25) is 0 Å². The predicted molar refractivity (Wildman–Crippen MR) is 113 cm³/mol. The fourth-order valence-electron chi connectivity index (χ4n) is 4.32. The molecule has 158 valence electrons. The van der Waals surface area contributed by atoms with Gasteiger partial charge >= 0.3 is 11.1 Å². The summed E-state index contributed by atoms with van der Waals surface area (Å²) in [6.45, 7) is 4.78. The smallest absolute Gasteiger partial charge is 0.316 e. The molecule has 0 aliphatic carbocycles. The van der Waals surface area contributed by atoms with Crippen LogP contribution in [-0.4, -0.2) is 35.1 Å². The van der Waals surface area contributed by atoms with Crippen molar-refractivity contribution in [3.8, 4) is 0 Å². The van der Waals surface area contributed by atoms with Crippen LogP contribution in [-0.2, 0) is 6.54 Å². The number of likely N-dealkylation sites (tertiary alicyclic amines) is 1. The quantitative estimate of drug-likeness (QED) is 0.523. The Kier molecular flexibility index (Phi) is 5.85. The Balaban J connectivity index is 1.55. The maximum Gasteiger partial charge on any atom is 0.316 e. The normalized spacial score (nSPS) is 15.9. The summed E-state index contributed by atoms with van der Waals surface area (Å²) in [4.78, 5) is 40.8. The van der Waals surface area contributed by atoms with Gasteiger partial charge in [0.2, 0.25) is 0 Å². The lowest BCUT2D eigenvalue weighted by Crippen LogP contribution is -3.13. The van der Waals surface area contributed by atoms with Crippen LogP contribution in [0.15, 0.2) is 50.6 Å². The van der Waals surface area contributed by atoms with E-state index in [9.17, 15) is 14.4 Å². The maximum atomic E-state index is 12.8. The molecule has 1 aromatic carbocycles. The zero-order valence-electron chi connectivity index (χ0n) is 17.1. The third-order valence-corrected chi connectivity index (χ3v) is 5.90. The number of nitrogens with zero attached hydrogens (tertiary/aromatic N) is 1. The van der Waals surface area contributed by atoms with Crippen molar-refractivity contribution in [3.63, 3.8) is 0 Å². The number of amides is 1. The van der Waals surface area contributed by atoms with Crippen molar-refractivity contribution >= 4 is 16.9 Å². The Labute approximate surface area is 173 Å². The Morgan fingerprint density at radius 3 is 2.73 bits per heavy atom. The fourth-order valence-corrected chi connectivity index (χ4v) is 4.32. The Morgan fingerprint density at radius 2 is 2.03 bits per heavy atom. The number of carbonyl (C=O) groups excluding carboxylic acids is 1. The molecule has 1 saturated heterocycles. The number of aryl methyl sites for hydroxylation is 1. The van der Waals surface area contributed by atoms with E-state index in [-0.39, 0.29) is 11.9 Å². The second kappa shape index (κ2) is 8.71. The second-order valence-electron chi connectivity index (χ2n) is 7.73. The van der Waals surface area contributed by atoms with Crippen LogP contribution >= 0.6 is 0 Å². The van der Waals surface area contributed by atoms with Crippen LogP contribution < -0.4 is 21.3 Å². The molecule has 1 amide bonds. The van der Waals surface area contributed by atoms with Crippen LogP contribution in [0, 0.1) is 0 Å². The van der Waals surface area contributed by atoms with Gasteiger partial charge in [-0.3, -0.25) is 14.4 Å². The van der Waals surface area contributed by atoms with E-state index in [1.165, 1.54) is 28.7 Å². The minimum absolute atomic E-state index is 0.0646. The molecule has 8 heteroatoms. The van der Waals surface area contributed by atoms with Gasteiger partial charge in [0.15, 0.2) is 11.8 Å². The monoisotopic (exact) mass is 411 g/mol. The number of hydrogen-bond acceptors (Lipinski definition) is 4. The number of H-pyrrole nitrogens is 1. The van der Waals surface area contributed by atoms with Gasteiger partial charge in [0, 0.05) is 12.1 Å². The number of quaternary nitrogens is 1. The molecule has 0 spiro atoms. The molecule has 4 rings (SSSR count). The summed E-state index contributed by atoms with van der Waals surface area (Å²) in [5.41, 5.74) is 0.232.